The topological polar surface area (TPSA) is 75.2 Å². The fraction of sp³-hybridized carbons (Fsp3) is 0.474. The van der Waals surface area contributed by atoms with Gasteiger partial charge in [0.2, 0.25) is 10.9 Å². The summed E-state index contributed by atoms with van der Waals surface area (Å²) in [7, 11) is 0. The Labute approximate surface area is 157 Å². The number of amides is 2. The molecule has 0 spiro atoms. The van der Waals surface area contributed by atoms with Crippen molar-refractivity contribution >= 4 is 28.8 Å². The van der Waals surface area contributed by atoms with Crippen LogP contribution in [0.25, 0.3) is 0 Å². The average molecular weight is 372 g/mol. The number of unbranched alkanes of at least 4 members (excludes halogenated alkanes) is 1. The predicted molar refractivity (Wildman–Crippen MR) is 102 cm³/mol. The number of nitrogens with one attached hydrogen (secondary N) is 1. The third-order valence-corrected chi connectivity index (χ3v) is 5.57. The van der Waals surface area contributed by atoms with Crippen molar-refractivity contribution in [2.24, 2.45) is 0 Å². The smallest absolute Gasteiger partial charge is 0.286 e. The molecule has 0 unspecified atom stereocenters. The molecule has 3 rings (SSSR count). The monoisotopic (exact) mass is 372 g/mol. The van der Waals surface area contributed by atoms with Crippen molar-refractivity contribution in [1.29, 1.82) is 0 Å². The van der Waals surface area contributed by atoms with E-state index in [1.165, 1.54) is 11.3 Å². The van der Waals surface area contributed by atoms with Gasteiger partial charge in [0, 0.05) is 18.7 Å². The molecule has 138 valence electrons. The lowest BCUT2D eigenvalue weighted by Crippen LogP contribution is -2.30. The minimum absolute atomic E-state index is 0.0437. The summed E-state index contributed by atoms with van der Waals surface area (Å²) in [6, 6.07) is 7.57. The van der Waals surface area contributed by atoms with Gasteiger partial charge in [0.1, 0.15) is 5.01 Å². The molecule has 2 amide bonds. The number of carbonyl (C=O) groups excluding carboxylic acids is 2. The molecular formula is C19H24N4O2S. The molecule has 1 atom stereocenters. The lowest BCUT2D eigenvalue weighted by atomic mass is 10.2. The van der Waals surface area contributed by atoms with Gasteiger partial charge in [0.15, 0.2) is 0 Å². The quantitative estimate of drug-likeness (QED) is 0.833. The van der Waals surface area contributed by atoms with Crippen LogP contribution in [0.15, 0.2) is 24.3 Å². The van der Waals surface area contributed by atoms with Crippen molar-refractivity contribution in [2.45, 2.75) is 52.0 Å². The molecule has 0 saturated carbocycles. The first kappa shape index (κ1) is 18.5. The Balaban J connectivity index is 1.67. The molecule has 1 fully saturated rings. The summed E-state index contributed by atoms with van der Waals surface area (Å²) in [5.74, 6) is -0.0883. The lowest BCUT2D eigenvalue weighted by Gasteiger charge is -2.22. The maximum absolute atomic E-state index is 12.4. The summed E-state index contributed by atoms with van der Waals surface area (Å²) >= 11 is 1.28. The van der Waals surface area contributed by atoms with Crippen molar-refractivity contribution in [1.82, 2.24) is 15.1 Å². The highest BCUT2D eigenvalue weighted by Crippen LogP contribution is 2.34. The van der Waals surface area contributed by atoms with Crippen LogP contribution in [0.2, 0.25) is 0 Å². The number of aryl methyl sites for hydroxylation is 1. The van der Waals surface area contributed by atoms with E-state index in [1.54, 1.807) is 0 Å². The molecule has 0 radical (unpaired) electrons. The maximum atomic E-state index is 12.4. The van der Waals surface area contributed by atoms with E-state index in [1.807, 2.05) is 36.1 Å². The van der Waals surface area contributed by atoms with E-state index in [0.717, 1.165) is 48.5 Å². The first-order valence-electron chi connectivity index (χ1n) is 9.09. The summed E-state index contributed by atoms with van der Waals surface area (Å²) in [6.45, 7) is 4.84. The van der Waals surface area contributed by atoms with E-state index < -0.39 is 0 Å². The van der Waals surface area contributed by atoms with Crippen molar-refractivity contribution in [3.63, 3.8) is 0 Å². The molecule has 1 aromatic heterocycles. The van der Waals surface area contributed by atoms with Gasteiger partial charge in [-0.2, -0.15) is 0 Å². The summed E-state index contributed by atoms with van der Waals surface area (Å²) < 4.78 is 0. The third-order valence-electron chi connectivity index (χ3n) is 4.55. The Morgan fingerprint density at radius 1 is 1.27 bits per heavy atom. The van der Waals surface area contributed by atoms with Gasteiger partial charge in [0.05, 0.1) is 6.04 Å². The molecule has 0 bridgehead atoms. The normalized spacial score (nSPS) is 16.7. The zero-order chi connectivity index (χ0) is 18.5. The molecule has 2 aromatic rings. The second-order valence-corrected chi connectivity index (χ2v) is 7.62. The van der Waals surface area contributed by atoms with Crippen LogP contribution in [0.4, 0.5) is 5.69 Å². The molecule has 0 aliphatic carbocycles. The van der Waals surface area contributed by atoms with Crippen LogP contribution >= 0.6 is 11.3 Å². The van der Waals surface area contributed by atoms with E-state index >= 15 is 0 Å². The van der Waals surface area contributed by atoms with Crippen LogP contribution in [-0.4, -0.2) is 33.5 Å². The SMILES string of the molecule is CCCCC(=O)N1CCC[C@H]1c1nnc(C(=O)Nc2ccc(C)cc2)s1. The standard InChI is InChI=1S/C19H24N4O2S/c1-3-4-7-16(24)23-12-5-6-15(23)18-21-22-19(26-18)17(25)20-14-10-8-13(2)9-11-14/h8-11,15H,3-7,12H2,1-2H3,(H,20,25)/t15-/m0/s1. The molecule has 7 heteroatoms. The maximum Gasteiger partial charge on any atom is 0.286 e. The first-order valence-corrected chi connectivity index (χ1v) is 9.91. The molecule has 26 heavy (non-hydrogen) atoms. The zero-order valence-corrected chi connectivity index (χ0v) is 16.0. The number of rotatable bonds is 6. The Kier molecular flexibility index (Phi) is 5.98. The second kappa shape index (κ2) is 8.40. The summed E-state index contributed by atoms with van der Waals surface area (Å²) in [6.07, 6.45) is 4.33. The van der Waals surface area contributed by atoms with E-state index in [-0.39, 0.29) is 17.9 Å². The largest absolute Gasteiger partial charge is 0.333 e. The van der Waals surface area contributed by atoms with Gasteiger partial charge in [-0.25, -0.2) is 0 Å². The molecular weight excluding hydrogens is 348 g/mol. The van der Waals surface area contributed by atoms with E-state index in [9.17, 15) is 9.59 Å². The highest BCUT2D eigenvalue weighted by Gasteiger charge is 2.32. The van der Waals surface area contributed by atoms with Gasteiger partial charge < -0.3 is 10.2 Å². The number of anilines is 1. The number of likely N-dealkylation sites (tertiary alicyclic amines) is 1. The number of hydrogen-bond donors (Lipinski definition) is 1. The van der Waals surface area contributed by atoms with Gasteiger partial charge in [-0.15, -0.1) is 10.2 Å². The van der Waals surface area contributed by atoms with Crippen LogP contribution in [0.5, 0.6) is 0 Å². The van der Waals surface area contributed by atoms with Crippen molar-refractivity contribution in [2.75, 3.05) is 11.9 Å². The first-order chi connectivity index (χ1) is 12.6. The highest BCUT2D eigenvalue weighted by atomic mass is 32.1. The second-order valence-electron chi connectivity index (χ2n) is 6.61. The van der Waals surface area contributed by atoms with E-state index in [2.05, 4.69) is 22.4 Å². The van der Waals surface area contributed by atoms with Gasteiger partial charge in [-0.1, -0.05) is 42.4 Å². The van der Waals surface area contributed by atoms with E-state index in [0.29, 0.717) is 11.4 Å². The molecule has 1 N–H and O–H groups in total. The fourth-order valence-corrected chi connectivity index (χ4v) is 3.96. The van der Waals surface area contributed by atoms with Crippen molar-refractivity contribution < 1.29 is 9.59 Å². The summed E-state index contributed by atoms with van der Waals surface area (Å²) in [5.41, 5.74) is 1.87. The zero-order valence-electron chi connectivity index (χ0n) is 15.2. The van der Waals surface area contributed by atoms with Crippen molar-refractivity contribution in [3.8, 4) is 0 Å². The van der Waals surface area contributed by atoms with E-state index in [4.69, 9.17) is 0 Å². The lowest BCUT2D eigenvalue weighted by molar-refractivity contribution is -0.132. The Morgan fingerprint density at radius 3 is 2.77 bits per heavy atom. The number of nitrogens with zero attached hydrogens (tertiary/aromatic N) is 3. The molecule has 1 aliphatic heterocycles. The molecule has 1 saturated heterocycles. The summed E-state index contributed by atoms with van der Waals surface area (Å²) in [4.78, 5) is 26.7. The van der Waals surface area contributed by atoms with Gasteiger partial charge in [-0.3, -0.25) is 9.59 Å². The molecule has 1 aliphatic rings. The third kappa shape index (κ3) is 4.27. The minimum atomic E-state index is -0.264. The Bertz CT molecular complexity index is 772. The van der Waals surface area contributed by atoms with Gasteiger partial charge >= 0.3 is 0 Å². The average Bonchev–Trinajstić information content (AvgIpc) is 3.30. The fourth-order valence-electron chi connectivity index (χ4n) is 3.08. The molecule has 1 aromatic carbocycles. The number of hydrogen-bond acceptors (Lipinski definition) is 5. The summed E-state index contributed by atoms with van der Waals surface area (Å²) in [5, 5.41) is 12.2. The highest BCUT2D eigenvalue weighted by molar-refractivity contribution is 7.13. The molecule has 6 nitrogen and oxygen atoms in total. The number of aromatic nitrogens is 2. The number of carbonyl (C=O) groups is 2. The minimum Gasteiger partial charge on any atom is -0.333 e. The van der Waals surface area contributed by atoms with Gasteiger partial charge in [-0.05, 0) is 38.3 Å². The van der Waals surface area contributed by atoms with Crippen molar-refractivity contribution in [3.05, 3.63) is 39.8 Å². The predicted octanol–water partition coefficient (Wildman–Crippen LogP) is 3.95. The van der Waals surface area contributed by atoms with Crippen LogP contribution in [0.3, 0.4) is 0 Å². The number of benzene rings is 1. The van der Waals surface area contributed by atoms with Crippen LogP contribution in [-0.2, 0) is 4.79 Å². The molecule has 2 heterocycles. The van der Waals surface area contributed by atoms with Crippen LogP contribution in [0.1, 0.15) is 65.4 Å². The van der Waals surface area contributed by atoms with Crippen LogP contribution in [0, 0.1) is 6.92 Å². The van der Waals surface area contributed by atoms with Gasteiger partial charge in [0.25, 0.3) is 5.91 Å². The Morgan fingerprint density at radius 2 is 2.04 bits per heavy atom. The Hall–Kier alpha value is -2.28. The van der Waals surface area contributed by atoms with Crippen LogP contribution < -0.4 is 5.32 Å².